The minimum atomic E-state index is -0.645. The molecular formula is C23H16FN5O3. The second kappa shape index (κ2) is 8.31. The van der Waals surface area contributed by atoms with Crippen LogP contribution in [-0.4, -0.2) is 26.7 Å². The third-order valence-corrected chi connectivity index (χ3v) is 4.84. The largest absolute Gasteiger partial charge is 0.457 e. The van der Waals surface area contributed by atoms with Crippen molar-refractivity contribution >= 4 is 22.7 Å². The number of tetrazole rings is 1. The summed E-state index contributed by atoms with van der Waals surface area (Å²) >= 11 is 0. The SMILES string of the molecule is O=C(Nc1ccccc1-c1nn[nH]n1)OCc1cc2cc(-c3ccc(F)cc3)ccc2o1. The molecule has 5 aromatic rings. The van der Waals surface area contributed by atoms with Gasteiger partial charge in [-0.2, -0.15) is 5.21 Å². The summed E-state index contributed by atoms with van der Waals surface area (Å²) < 4.78 is 24.2. The van der Waals surface area contributed by atoms with Crippen LogP contribution in [0.5, 0.6) is 0 Å². The van der Waals surface area contributed by atoms with E-state index in [2.05, 4.69) is 25.9 Å². The summed E-state index contributed by atoms with van der Waals surface area (Å²) in [7, 11) is 0. The first-order valence-electron chi connectivity index (χ1n) is 9.71. The molecule has 0 bridgehead atoms. The van der Waals surface area contributed by atoms with Gasteiger partial charge in [-0.25, -0.2) is 9.18 Å². The second-order valence-corrected chi connectivity index (χ2v) is 6.95. The van der Waals surface area contributed by atoms with E-state index in [1.807, 2.05) is 24.3 Å². The topological polar surface area (TPSA) is 106 Å². The van der Waals surface area contributed by atoms with Crippen LogP contribution in [-0.2, 0) is 11.3 Å². The van der Waals surface area contributed by atoms with Crippen molar-refractivity contribution in [2.75, 3.05) is 5.32 Å². The Bertz CT molecular complexity index is 1380. The van der Waals surface area contributed by atoms with E-state index in [1.54, 1.807) is 36.4 Å². The molecule has 0 aliphatic rings. The van der Waals surface area contributed by atoms with Gasteiger partial charge in [0.05, 0.1) is 5.69 Å². The minimum Gasteiger partial charge on any atom is -0.457 e. The zero-order chi connectivity index (χ0) is 21.9. The fourth-order valence-corrected chi connectivity index (χ4v) is 3.34. The summed E-state index contributed by atoms with van der Waals surface area (Å²) in [6, 6.07) is 20.8. The lowest BCUT2D eigenvalue weighted by atomic mass is 10.0. The number of para-hydroxylation sites is 1. The van der Waals surface area contributed by atoms with E-state index in [4.69, 9.17) is 9.15 Å². The fraction of sp³-hybridized carbons (Fsp3) is 0.0435. The number of nitrogens with one attached hydrogen (secondary N) is 2. The molecule has 0 aliphatic heterocycles. The number of carbonyl (C=O) groups excluding carboxylic acids is 1. The molecule has 2 N–H and O–H groups in total. The highest BCUT2D eigenvalue weighted by molar-refractivity contribution is 5.90. The Morgan fingerprint density at radius 2 is 1.84 bits per heavy atom. The zero-order valence-electron chi connectivity index (χ0n) is 16.6. The fourth-order valence-electron chi connectivity index (χ4n) is 3.34. The summed E-state index contributed by atoms with van der Waals surface area (Å²) in [4.78, 5) is 12.3. The highest BCUT2D eigenvalue weighted by Gasteiger charge is 2.13. The molecule has 2 heterocycles. The lowest BCUT2D eigenvalue weighted by Crippen LogP contribution is -2.14. The van der Waals surface area contributed by atoms with E-state index in [0.717, 1.165) is 16.5 Å². The van der Waals surface area contributed by atoms with E-state index < -0.39 is 6.09 Å². The number of hydrogen-bond acceptors (Lipinski definition) is 6. The number of ether oxygens (including phenoxy) is 1. The quantitative estimate of drug-likeness (QED) is 0.399. The van der Waals surface area contributed by atoms with Crippen LogP contribution in [0.15, 0.2) is 77.2 Å². The first-order valence-corrected chi connectivity index (χ1v) is 9.71. The van der Waals surface area contributed by atoms with Gasteiger partial charge in [0.2, 0.25) is 5.82 Å². The number of hydrogen-bond donors (Lipinski definition) is 2. The molecule has 5 rings (SSSR count). The van der Waals surface area contributed by atoms with Crippen molar-refractivity contribution < 1.29 is 18.3 Å². The average molecular weight is 429 g/mol. The Morgan fingerprint density at radius 1 is 1.03 bits per heavy atom. The van der Waals surface area contributed by atoms with Crippen LogP contribution < -0.4 is 5.32 Å². The second-order valence-electron chi connectivity index (χ2n) is 6.95. The first kappa shape index (κ1) is 19.4. The number of furan rings is 1. The number of halogens is 1. The van der Waals surface area contributed by atoms with Crippen LogP contribution in [0.4, 0.5) is 14.9 Å². The number of H-pyrrole nitrogens is 1. The van der Waals surface area contributed by atoms with Gasteiger partial charge in [0, 0.05) is 10.9 Å². The summed E-state index contributed by atoms with van der Waals surface area (Å²) in [5.74, 6) is 0.573. The van der Waals surface area contributed by atoms with E-state index in [0.29, 0.717) is 28.4 Å². The molecule has 32 heavy (non-hydrogen) atoms. The predicted octanol–water partition coefficient (Wildman–Crippen LogP) is 5.17. The predicted molar refractivity (Wildman–Crippen MR) is 115 cm³/mol. The summed E-state index contributed by atoms with van der Waals surface area (Å²) in [6.07, 6.45) is -0.645. The number of carbonyl (C=O) groups is 1. The lowest BCUT2D eigenvalue weighted by Gasteiger charge is -2.08. The molecular weight excluding hydrogens is 413 g/mol. The van der Waals surface area contributed by atoms with Crippen molar-refractivity contribution in [3.63, 3.8) is 0 Å². The minimum absolute atomic E-state index is 0.0449. The number of fused-ring (bicyclic) bond motifs is 1. The Labute approximate surface area is 181 Å². The van der Waals surface area contributed by atoms with E-state index in [1.165, 1.54) is 12.1 Å². The molecule has 9 heteroatoms. The van der Waals surface area contributed by atoms with Gasteiger partial charge in [0.25, 0.3) is 0 Å². The van der Waals surface area contributed by atoms with Crippen LogP contribution >= 0.6 is 0 Å². The monoisotopic (exact) mass is 429 g/mol. The number of nitrogens with zero attached hydrogens (tertiary/aromatic N) is 3. The Hall–Kier alpha value is -4.53. The van der Waals surface area contributed by atoms with Crippen LogP contribution in [0, 0.1) is 5.82 Å². The third kappa shape index (κ3) is 4.04. The van der Waals surface area contributed by atoms with Crippen molar-refractivity contribution in [1.82, 2.24) is 20.6 Å². The number of benzene rings is 3. The van der Waals surface area contributed by atoms with Gasteiger partial charge < -0.3 is 9.15 Å². The number of rotatable bonds is 5. The number of amides is 1. The molecule has 0 fully saturated rings. The Balaban J connectivity index is 1.27. The van der Waals surface area contributed by atoms with E-state index >= 15 is 0 Å². The van der Waals surface area contributed by atoms with Crippen LogP contribution in [0.2, 0.25) is 0 Å². The zero-order valence-corrected chi connectivity index (χ0v) is 16.6. The number of aromatic nitrogens is 4. The molecule has 0 atom stereocenters. The van der Waals surface area contributed by atoms with Gasteiger partial charge in [0.1, 0.15) is 17.2 Å². The molecule has 2 aromatic heterocycles. The van der Waals surface area contributed by atoms with Gasteiger partial charge in [-0.15, -0.1) is 10.2 Å². The van der Waals surface area contributed by atoms with Crippen molar-refractivity contribution in [3.05, 3.63) is 84.4 Å². The molecule has 0 aliphatic carbocycles. The lowest BCUT2D eigenvalue weighted by molar-refractivity contribution is 0.147. The molecule has 8 nitrogen and oxygen atoms in total. The van der Waals surface area contributed by atoms with Gasteiger partial charge in [-0.1, -0.05) is 30.3 Å². The molecule has 0 unspecified atom stereocenters. The highest BCUT2D eigenvalue weighted by atomic mass is 19.1. The van der Waals surface area contributed by atoms with Crippen LogP contribution in [0.3, 0.4) is 0 Å². The van der Waals surface area contributed by atoms with Crippen molar-refractivity contribution in [2.24, 2.45) is 0 Å². The number of aromatic amines is 1. The highest BCUT2D eigenvalue weighted by Crippen LogP contribution is 2.28. The standard InChI is InChI=1S/C23H16FN5O3/c24-17-8-5-14(6-9-17)15-7-10-21-16(11-15)12-18(32-21)13-31-23(30)25-20-4-2-1-3-19(20)22-26-28-29-27-22/h1-12H,13H2,(H,25,30)(H,26,27,28,29). The molecule has 0 saturated heterocycles. The molecule has 0 spiro atoms. The van der Waals surface area contributed by atoms with Crippen LogP contribution in [0.1, 0.15) is 5.76 Å². The smallest absolute Gasteiger partial charge is 0.412 e. The summed E-state index contributed by atoms with van der Waals surface area (Å²) in [6.45, 7) is -0.0449. The maximum Gasteiger partial charge on any atom is 0.412 e. The average Bonchev–Trinajstić information content (AvgIpc) is 3.48. The van der Waals surface area contributed by atoms with Gasteiger partial charge in [-0.3, -0.25) is 5.32 Å². The van der Waals surface area contributed by atoms with Gasteiger partial charge in [0.15, 0.2) is 6.61 Å². The Morgan fingerprint density at radius 3 is 2.66 bits per heavy atom. The maximum absolute atomic E-state index is 13.2. The van der Waals surface area contributed by atoms with Crippen molar-refractivity contribution in [1.29, 1.82) is 0 Å². The van der Waals surface area contributed by atoms with Gasteiger partial charge >= 0.3 is 6.09 Å². The van der Waals surface area contributed by atoms with E-state index in [-0.39, 0.29) is 12.4 Å². The van der Waals surface area contributed by atoms with E-state index in [9.17, 15) is 9.18 Å². The van der Waals surface area contributed by atoms with Crippen molar-refractivity contribution in [2.45, 2.75) is 6.61 Å². The molecule has 0 radical (unpaired) electrons. The summed E-state index contributed by atoms with van der Waals surface area (Å²) in [5, 5.41) is 17.3. The first-order chi connectivity index (χ1) is 15.7. The van der Waals surface area contributed by atoms with Crippen LogP contribution in [0.25, 0.3) is 33.5 Å². The van der Waals surface area contributed by atoms with Crippen molar-refractivity contribution in [3.8, 4) is 22.5 Å². The normalized spacial score (nSPS) is 10.9. The molecule has 3 aromatic carbocycles. The van der Waals surface area contributed by atoms with Gasteiger partial charge in [-0.05, 0) is 58.8 Å². The summed E-state index contributed by atoms with van der Waals surface area (Å²) in [5.41, 5.74) is 3.59. The molecule has 158 valence electrons. The maximum atomic E-state index is 13.2. The molecule has 1 amide bonds. The molecule has 0 saturated carbocycles. The third-order valence-electron chi connectivity index (χ3n) is 4.84. The Kier molecular flexibility index (Phi) is 5.04. The number of anilines is 1.